The first-order valence-corrected chi connectivity index (χ1v) is 7.81. The number of rotatable bonds is 4. The first-order chi connectivity index (χ1) is 11.3. The molecule has 0 atom stereocenters. The zero-order valence-corrected chi connectivity index (χ0v) is 12.9. The van der Waals surface area contributed by atoms with E-state index in [0.717, 1.165) is 10.6 Å². The molecule has 0 amide bonds. The summed E-state index contributed by atoms with van der Waals surface area (Å²) < 4.78 is 5.26. The molecule has 1 heterocycles. The summed E-state index contributed by atoms with van der Waals surface area (Å²) in [6, 6.07) is 18.3. The Hall–Kier alpha value is -2.97. The summed E-state index contributed by atoms with van der Waals surface area (Å²) in [5.41, 5.74) is 2.54. The van der Waals surface area contributed by atoms with Crippen LogP contribution in [0.2, 0.25) is 0 Å². The topological polar surface area (TPSA) is 63.0 Å². The van der Waals surface area contributed by atoms with Crippen molar-refractivity contribution < 1.29 is 9.53 Å². The first kappa shape index (κ1) is 14.9. The van der Waals surface area contributed by atoms with Gasteiger partial charge in [0.15, 0.2) is 0 Å². The van der Waals surface area contributed by atoms with Crippen LogP contribution in [0.25, 0.3) is 10.6 Å². The van der Waals surface area contributed by atoms with Gasteiger partial charge in [-0.2, -0.15) is 5.26 Å². The molecule has 0 radical (unpaired) electrons. The van der Waals surface area contributed by atoms with E-state index >= 15 is 0 Å². The molecule has 4 nitrogen and oxygen atoms in total. The molecule has 0 N–H and O–H groups in total. The highest BCUT2D eigenvalue weighted by Crippen LogP contribution is 2.23. The summed E-state index contributed by atoms with van der Waals surface area (Å²) in [5, 5.41) is 11.6. The number of carbonyl (C=O) groups is 1. The Morgan fingerprint density at radius 3 is 2.78 bits per heavy atom. The van der Waals surface area contributed by atoms with Gasteiger partial charge in [-0.15, -0.1) is 11.3 Å². The third-order valence-electron chi connectivity index (χ3n) is 3.15. The minimum absolute atomic E-state index is 0.110. The van der Waals surface area contributed by atoms with Gasteiger partial charge in [0.25, 0.3) is 0 Å². The number of thiazole rings is 1. The van der Waals surface area contributed by atoms with Gasteiger partial charge in [-0.05, 0) is 18.2 Å². The molecular weight excluding hydrogens is 308 g/mol. The van der Waals surface area contributed by atoms with Crippen LogP contribution in [0.3, 0.4) is 0 Å². The van der Waals surface area contributed by atoms with Gasteiger partial charge in [0.05, 0.1) is 22.9 Å². The summed E-state index contributed by atoms with van der Waals surface area (Å²) in [6.45, 7) is 0.110. The van der Waals surface area contributed by atoms with Crippen molar-refractivity contribution in [3.8, 4) is 16.6 Å². The molecular formula is C18H12N2O2S. The highest BCUT2D eigenvalue weighted by molar-refractivity contribution is 7.13. The third-order valence-corrected chi connectivity index (χ3v) is 4.09. The van der Waals surface area contributed by atoms with Crippen LogP contribution in [-0.4, -0.2) is 11.0 Å². The lowest BCUT2D eigenvalue weighted by atomic mass is 10.1. The standard InChI is InChI=1S/C18H12N2O2S/c19-10-13-5-4-8-15(9-13)18(21)22-11-16-12-23-17(20-16)14-6-2-1-3-7-14/h1-9,12H,11H2. The van der Waals surface area contributed by atoms with E-state index in [1.165, 1.54) is 17.4 Å². The minimum Gasteiger partial charge on any atom is -0.456 e. The van der Waals surface area contributed by atoms with Crippen LogP contribution >= 0.6 is 11.3 Å². The highest BCUT2D eigenvalue weighted by Gasteiger charge is 2.10. The van der Waals surface area contributed by atoms with Crippen LogP contribution in [0.15, 0.2) is 60.0 Å². The largest absolute Gasteiger partial charge is 0.456 e. The van der Waals surface area contributed by atoms with Gasteiger partial charge >= 0.3 is 5.97 Å². The lowest BCUT2D eigenvalue weighted by Crippen LogP contribution is -2.05. The number of hydrogen-bond acceptors (Lipinski definition) is 5. The van der Waals surface area contributed by atoms with E-state index in [4.69, 9.17) is 10.00 Å². The van der Waals surface area contributed by atoms with Crippen molar-refractivity contribution in [3.05, 3.63) is 76.8 Å². The molecule has 2 aromatic carbocycles. The predicted octanol–water partition coefficient (Wildman–Crippen LogP) is 4.04. The number of nitriles is 1. The number of ether oxygens (including phenoxy) is 1. The van der Waals surface area contributed by atoms with Crippen LogP contribution in [0.4, 0.5) is 0 Å². The molecule has 0 fully saturated rings. The Labute approximate surface area is 137 Å². The molecule has 1 aromatic heterocycles. The van der Waals surface area contributed by atoms with Crippen molar-refractivity contribution in [2.75, 3.05) is 0 Å². The highest BCUT2D eigenvalue weighted by atomic mass is 32.1. The van der Waals surface area contributed by atoms with Crippen LogP contribution in [0.5, 0.6) is 0 Å². The van der Waals surface area contributed by atoms with Gasteiger partial charge in [0, 0.05) is 10.9 Å². The van der Waals surface area contributed by atoms with Crippen molar-refractivity contribution in [2.45, 2.75) is 6.61 Å². The average molecular weight is 320 g/mol. The van der Waals surface area contributed by atoms with Crippen LogP contribution in [-0.2, 0) is 11.3 Å². The molecule has 112 valence electrons. The number of aromatic nitrogens is 1. The molecule has 0 spiro atoms. The van der Waals surface area contributed by atoms with E-state index in [1.54, 1.807) is 18.2 Å². The Kier molecular flexibility index (Phi) is 4.46. The monoisotopic (exact) mass is 320 g/mol. The Bertz CT molecular complexity index is 866. The van der Waals surface area contributed by atoms with Gasteiger partial charge in [-0.1, -0.05) is 36.4 Å². The molecule has 3 aromatic rings. The van der Waals surface area contributed by atoms with Crippen LogP contribution in [0.1, 0.15) is 21.6 Å². The van der Waals surface area contributed by atoms with E-state index < -0.39 is 5.97 Å². The lowest BCUT2D eigenvalue weighted by Gasteiger charge is -2.03. The molecule has 0 aliphatic carbocycles. The van der Waals surface area contributed by atoms with Crippen LogP contribution in [0, 0.1) is 11.3 Å². The third kappa shape index (κ3) is 3.62. The zero-order valence-electron chi connectivity index (χ0n) is 12.1. The molecule has 0 unspecified atom stereocenters. The van der Waals surface area contributed by atoms with E-state index in [9.17, 15) is 4.79 Å². The quantitative estimate of drug-likeness (QED) is 0.681. The molecule has 0 saturated heterocycles. The normalized spacial score (nSPS) is 10.0. The Morgan fingerprint density at radius 1 is 1.17 bits per heavy atom. The van der Waals surface area contributed by atoms with E-state index in [0.29, 0.717) is 16.8 Å². The second-order valence-electron chi connectivity index (χ2n) is 4.78. The molecule has 3 rings (SSSR count). The van der Waals surface area contributed by atoms with Gasteiger partial charge < -0.3 is 4.74 Å². The molecule has 23 heavy (non-hydrogen) atoms. The summed E-state index contributed by atoms with van der Waals surface area (Å²) in [7, 11) is 0. The average Bonchev–Trinajstić information content (AvgIpc) is 3.09. The van der Waals surface area contributed by atoms with E-state index in [1.807, 2.05) is 41.8 Å². The maximum Gasteiger partial charge on any atom is 0.338 e. The van der Waals surface area contributed by atoms with Crippen molar-refractivity contribution >= 4 is 17.3 Å². The SMILES string of the molecule is N#Cc1cccc(C(=O)OCc2csc(-c3ccccc3)n2)c1. The summed E-state index contributed by atoms with van der Waals surface area (Å²) >= 11 is 1.51. The van der Waals surface area contributed by atoms with Crippen molar-refractivity contribution in [1.82, 2.24) is 4.98 Å². The fourth-order valence-corrected chi connectivity index (χ4v) is 2.84. The molecule has 5 heteroatoms. The minimum atomic E-state index is -0.462. The number of nitrogens with zero attached hydrogens (tertiary/aromatic N) is 2. The summed E-state index contributed by atoms with van der Waals surface area (Å²) in [4.78, 5) is 16.5. The zero-order chi connectivity index (χ0) is 16.1. The molecule has 0 saturated carbocycles. The number of benzene rings is 2. The molecule has 0 aliphatic heterocycles. The molecule has 0 aliphatic rings. The number of esters is 1. The predicted molar refractivity (Wildman–Crippen MR) is 87.8 cm³/mol. The Balaban J connectivity index is 1.66. The van der Waals surface area contributed by atoms with Crippen molar-refractivity contribution in [2.24, 2.45) is 0 Å². The number of carbonyl (C=O) groups excluding carboxylic acids is 1. The van der Waals surface area contributed by atoms with Gasteiger partial charge in [0.2, 0.25) is 0 Å². The van der Waals surface area contributed by atoms with Crippen LogP contribution < -0.4 is 0 Å². The Morgan fingerprint density at radius 2 is 2.00 bits per heavy atom. The van der Waals surface area contributed by atoms with Crippen molar-refractivity contribution in [3.63, 3.8) is 0 Å². The van der Waals surface area contributed by atoms with Gasteiger partial charge in [-0.25, -0.2) is 9.78 Å². The second-order valence-corrected chi connectivity index (χ2v) is 5.64. The fourth-order valence-electron chi connectivity index (χ4n) is 2.03. The maximum atomic E-state index is 12.0. The fraction of sp³-hybridized carbons (Fsp3) is 0.0556. The smallest absolute Gasteiger partial charge is 0.338 e. The maximum absolute atomic E-state index is 12.0. The first-order valence-electron chi connectivity index (χ1n) is 6.93. The number of hydrogen-bond donors (Lipinski definition) is 0. The van der Waals surface area contributed by atoms with E-state index in [-0.39, 0.29) is 6.61 Å². The summed E-state index contributed by atoms with van der Waals surface area (Å²) in [5.74, 6) is -0.462. The van der Waals surface area contributed by atoms with Gasteiger partial charge in [0.1, 0.15) is 11.6 Å². The molecule has 0 bridgehead atoms. The van der Waals surface area contributed by atoms with E-state index in [2.05, 4.69) is 4.98 Å². The summed E-state index contributed by atoms with van der Waals surface area (Å²) in [6.07, 6.45) is 0. The lowest BCUT2D eigenvalue weighted by molar-refractivity contribution is 0.0468. The van der Waals surface area contributed by atoms with Gasteiger partial charge in [-0.3, -0.25) is 0 Å². The second kappa shape index (κ2) is 6.86. The van der Waals surface area contributed by atoms with Crippen molar-refractivity contribution in [1.29, 1.82) is 5.26 Å².